The van der Waals surface area contributed by atoms with Crippen molar-refractivity contribution in [1.29, 1.82) is 5.41 Å². The highest BCUT2D eigenvalue weighted by molar-refractivity contribution is 7.13. The Hall–Kier alpha value is -4.12. The maximum Gasteiger partial charge on any atom is 0.301 e. The first-order valence-electron chi connectivity index (χ1n) is 10.8. The zero-order valence-corrected chi connectivity index (χ0v) is 19.7. The van der Waals surface area contributed by atoms with E-state index in [0.717, 1.165) is 24.2 Å². The number of allylic oxidation sites excluding steroid dienone is 1. The summed E-state index contributed by atoms with van der Waals surface area (Å²) in [6.45, 7) is 1.03. The van der Waals surface area contributed by atoms with Crippen LogP contribution in [0.1, 0.15) is 12.0 Å². The third-order valence-corrected chi connectivity index (χ3v) is 6.34. The molecule has 2 aromatic rings. The van der Waals surface area contributed by atoms with Crippen molar-refractivity contribution in [1.82, 2.24) is 9.88 Å². The fraction of sp³-hybridized carbons (Fsp3) is 0.250. The van der Waals surface area contributed by atoms with Crippen molar-refractivity contribution in [3.63, 3.8) is 0 Å². The number of ketones is 1. The van der Waals surface area contributed by atoms with E-state index in [1.54, 1.807) is 10.3 Å². The topological polar surface area (TPSA) is 145 Å². The third-order valence-electron chi connectivity index (χ3n) is 5.65. The number of hydrogen-bond acceptors (Lipinski definition) is 9. The molecule has 0 spiro atoms. The van der Waals surface area contributed by atoms with Gasteiger partial charge in [0.1, 0.15) is 5.70 Å². The summed E-state index contributed by atoms with van der Waals surface area (Å²) in [6.07, 6.45) is 4.29. The minimum atomic E-state index is -1.30. The second kappa shape index (κ2) is 10.4. The van der Waals surface area contributed by atoms with Gasteiger partial charge in [-0.15, -0.1) is 11.3 Å². The van der Waals surface area contributed by atoms with Gasteiger partial charge in [-0.3, -0.25) is 25.1 Å². The van der Waals surface area contributed by atoms with Gasteiger partial charge in [-0.05, 0) is 24.3 Å². The Morgan fingerprint density at radius 1 is 1.29 bits per heavy atom. The van der Waals surface area contributed by atoms with E-state index in [2.05, 4.69) is 27.4 Å². The van der Waals surface area contributed by atoms with Crippen LogP contribution in [-0.2, 0) is 25.5 Å². The fourth-order valence-electron chi connectivity index (χ4n) is 3.92. The summed E-state index contributed by atoms with van der Waals surface area (Å²) >= 11 is 1.10. The van der Waals surface area contributed by atoms with Crippen LogP contribution < -0.4 is 5.32 Å². The molecule has 0 radical (unpaired) electrons. The normalized spacial score (nSPS) is 19.1. The predicted octanol–water partition coefficient (Wildman–Crippen LogP) is 2.52. The fourth-order valence-corrected chi connectivity index (χ4v) is 4.44. The number of aromatic nitrogens is 1. The Bertz CT molecular complexity index is 1250. The summed E-state index contributed by atoms with van der Waals surface area (Å²) in [5.74, 6) is -3.59. The van der Waals surface area contributed by atoms with Crippen LogP contribution in [0.2, 0.25) is 0 Å². The molecule has 0 saturated carbocycles. The lowest BCUT2D eigenvalue weighted by Gasteiger charge is -2.21. The number of ether oxygens (including phenoxy) is 1. The Labute approximate surface area is 205 Å². The van der Waals surface area contributed by atoms with E-state index in [-0.39, 0.29) is 28.2 Å². The zero-order valence-electron chi connectivity index (χ0n) is 18.9. The van der Waals surface area contributed by atoms with E-state index in [0.29, 0.717) is 13.1 Å². The number of carbonyl (C=O) groups is 3. The standard InChI is InChI=1S/C24H23N5O5S/c1-34-17-12-16(25)18(20(30)21(31)22(32)28-24-26-8-10-35-24)27-19(17)23(33)29-9-7-15(13-29)11-14-5-3-2-4-6-14/h2-6,8,10,12,15,25,30H,7,9,11,13H2,1H3,(H,26,28,32)/b20-18+,25-16?. The molecule has 1 unspecified atom stereocenters. The second-order valence-corrected chi connectivity index (χ2v) is 8.89. The van der Waals surface area contributed by atoms with Gasteiger partial charge in [0.25, 0.3) is 11.7 Å². The number of nitrogens with one attached hydrogen (secondary N) is 2. The number of amides is 2. The summed E-state index contributed by atoms with van der Waals surface area (Å²) < 4.78 is 5.25. The van der Waals surface area contributed by atoms with Gasteiger partial charge in [-0.2, -0.15) is 0 Å². The number of dihydropyridines is 1. The van der Waals surface area contributed by atoms with Gasteiger partial charge in [0.2, 0.25) is 0 Å². The van der Waals surface area contributed by atoms with Crippen LogP contribution in [0.25, 0.3) is 0 Å². The average molecular weight is 494 g/mol. The number of rotatable bonds is 7. The number of likely N-dealkylation sites (tertiary alicyclic amines) is 1. The SMILES string of the molecule is COC1=CC(=N)/C(=C(\O)C(=O)C(=O)Nc2nccs2)N=C1C(=O)N1CCC(Cc2ccccc2)C1. The lowest BCUT2D eigenvalue weighted by molar-refractivity contribution is -0.134. The second-order valence-electron chi connectivity index (χ2n) is 8.00. The molecular formula is C24H23N5O5S. The first-order chi connectivity index (χ1) is 16.9. The molecule has 1 saturated heterocycles. The molecule has 0 aliphatic carbocycles. The Kier molecular flexibility index (Phi) is 7.16. The number of hydrogen-bond donors (Lipinski definition) is 3. The molecule has 0 bridgehead atoms. The Morgan fingerprint density at radius 2 is 2.06 bits per heavy atom. The minimum Gasteiger partial charge on any atom is -0.502 e. The molecule has 2 amide bonds. The van der Waals surface area contributed by atoms with Crippen LogP contribution in [0.15, 0.2) is 70.2 Å². The third kappa shape index (κ3) is 5.35. The quantitative estimate of drug-likeness (QED) is 0.307. The molecular weight excluding hydrogens is 470 g/mol. The van der Waals surface area contributed by atoms with Gasteiger partial charge >= 0.3 is 5.91 Å². The van der Waals surface area contributed by atoms with Crippen LogP contribution in [0.5, 0.6) is 0 Å². The van der Waals surface area contributed by atoms with Gasteiger partial charge in [-0.1, -0.05) is 30.3 Å². The average Bonchev–Trinajstić information content (AvgIpc) is 3.55. The highest BCUT2D eigenvalue weighted by Crippen LogP contribution is 2.24. The highest BCUT2D eigenvalue weighted by atomic mass is 32.1. The first kappa shape index (κ1) is 24.0. The Morgan fingerprint density at radius 3 is 2.74 bits per heavy atom. The van der Waals surface area contributed by atoms with Crippen molar-refractivity contribution in [3.8, 4) is 0 Å². The molecule has 1 atom stereocenters. The van der Waals surface area contributed by atoms with Crippen LogP contribution in [-0.4, -0.2) is 64.2 Å². The van der Waals surface area contributed by atoms with E-state index in [9.17, 15) is 19.5 Å². The lowest BCUT2D eigenvalue weighted by Crippen LogP contribution is -2.38. The molecule has 35 heavy (non-hydrogen) atoms. The van der Waals surface area contributed by atoms with Crippen LogP contribution >= 0.6 is 11.3 Å². The number of aliphatic imine (C=N–C) groups is 1. The number of nitrogens with zero attached hydrogens (tertiary/aromatic N) is 3. The summed E-state index contributed by atoms with van der Waals surface area (Å²) in [5, 5.41) is 22.6. The maximum atomic E-state index is 13.3. The van der Waals surface area contributed by atoms with Crippen molar-refractivity contribution in [2.75, 3.05) is 25.5 Å². The van der Waals surface area contributed by atoms with Crippen LogP contribution in [0.3, 0.4) is 0 Å². The number of thiazole rings is 1. The molecule has 1 aromatic heterocycles. The van der Waals surface area contributed by atoms with Crippen LogP contribution in [0, 0.1) is 11.3 Å². The minimum absolute atomic E-state index is 0.0442. The summed E-state index contributed by atoms with van der Waals surface area (Å²) in [7, 11) is 1.34. The summed E-state index contributed by atoms with van der Waals surface area (Å²) in [5.41, 5.74) is 0.207. The molecule has 4 rings (SSSR count). The van der Waals surface area contributed by atoms with Crippen molar-refractivity contribution >= 4 is 45.5 Å². The number of benzene rings is 1. The monoisotopic (exact) mass is 493 g/mol. The number of aliphatic hydroxyl groups excluding tert-OH is 1. The number of aliphatic hydroxyl groups is 1. The van der Waals surface area contributed by atoms with E-state index in [4.69, 9.17) is 10.1 Å². The van der Waals surface area contributed by atoms with E-state index in [1.165, 1.54) is 24.9 Å². The molecule has 2 aliphatic rings. The van der Waals surface area contributed by atoms with Crippen LogP contribution in [0.4, 0.5) is 5.13 Å². The van der Waals surface area contributed by atoms with Gasteiger partial charge in [-0.25, -0.2) is 9.98 Å². The molecule has 180 valence electrons. The zero-order chi connectivity index (χ0) is 24.9. The van der Waals surface area contributed by atoms with E-state index >= 15 is 0 Å². The van der Waals surface area contributed by atoms with Gasteiger partial charge < -0.3 is 14.7 Å². The van der Waals surface area contributed by atoms with E-state index < -0.39 is 29.1 Å². The molecule has 3 heterocycles. The summed E-state index contributed by atoms with van der Waals surface area (Å²) in [6, 6.07) is 10.0. The predicted molar refractivity (Wildman–Crippen MR) is 130 cm³/mol. The summed E-state index contributed by atoms with van der Waals surface area (Å²) in [4.78, 5) is 47.5. The van der Waals surface area contributed by atoms with Crippen molar-refractivity contribution in [2.45, 2.75) is 12.8 Å². The van der Waals surface area contributed by atoms with Crippen molar-refractivity contribution < 1.29 is 24.2 Å². The number of anilines is 1. The molecule has 1 aromatic carbocycles. The van der Waals surface area contributed by atoms with Gasteiger partial charge in [0.05, 0.1) is 12.8 Å². The lowest BCUT2D eigenvalue weighted by atomic mass is 9.99. The maximum absolute atomic E-state index is 13.3. The molecule has 2 aliphatic heterocycles. The number of carbonyl (C=O) groups excluding carboxylic acids is 3. The first-order valence-corrected chi connectivity index (χ1v) is 11.7. The molecule has 10 nitrogen and oxygen atoms in total. The Balaban J connectivity index is 1.53. The van der Waals surface area contributed by atoms with Crippen molar-refractivity contribution in [3.05, 3.63) is 70.8 Å². The number of Topliss-reactive ketones (excluding diaryl/α,β-unsaturated/α-hetero) is 1. The van der Waals surface area contributed by atoms with Gasteiger partial charge in [0, 0.05) is 30.7 Å². The van der Waals surface area contributed by atoms with Gasteiger partial charge in [0.15, 0.2) is 22.4 Å². The van der Waals surface area contributed by atoms with E-state index in [1.807, 2.05) is 18.2 Å². The molecule has 1 fully saturated rings. The number of methoxy groups -OCH3 is 1. The molecule has 11 heteroatoms. The smallest absolute Gasteiger partial charge is 0.301 e. The molecule has 3 N–H and O–H groups in total. The highest BCUT2D eigenvalue weighted by Gasteiger charge is 2.34. The van der Waals surface area contributed by atoms with Crippen molar-refractivity contribution in [2.24, 2.45) is 10.9 Å². The largest absolute Gasteiger partial charge is 0.502 e.